The Balaban J connectivity index is 1.64. The number of H-pyrrole nitrogens is 1. The van der Waals surface area contributed by atoms with Gasteiger partial charge in [-0.15, -0.1) is 5.54 Å². The first-order valence-electron chi connectivity index (χ1n) is 13.7. The van der Waals surface area contributed by atoms with E-state index in [4.69, 9.17) is 4.74 Å². The fraction of sp³-hybridized carbons (Fsp3) is 0.303. The quantitative estimate of drug-likeness (QED) is 0.198. The summed E-state index contributed by atoms with van der Waals surface area (Å²) in [7, 11) is -1.85. The third kappa shape index (κ3) is 6.05. The normalized spacial score (nSPS) is 15.4. The first kappa shape index (κ1) is 28.6. The summed E-state index contributed by atoms with van der Waals surface area (Å²) in [5.74, 6) is 3.03. The van der Waals surface area contributed by atoms with E-state index in [1.807, 2.05) is 57.8 Å². The average molecular weight is 575 g/mol. The third-order valence-electron chi connectivity index (χ3n) is 7.04. The van der Waals surface area contributed by atoms with Crippen LogP contribution in [-0.4, -0.2) is 36.5 Å². The zero-order valence-electron chi connectivity index (χ0n) is 23.8. The van der Waals surface area contributed by atoms with Crippen molar-refractivity contribution in [3.63, 3.8) is 0 Å². The van der Waals surface area contributed by atoms with Crippen LogP contribution in [0.4, 0.5) is 13.2 Å². The van der Waals surface area contributed by atoms with Crippen molar-refractivity contribution in [2.45, 2.75) is 58.2 Å². The van der Waals surface area contributed by atoms with Crippen LogP contribution in [0, 0.1) is 11.5 Å². The molecule has 4 nitrogen and oxygen atoms in total. The number of nitrogens with zero attached hydrogens (tertiary/aromatic N) is 1. The summed E-state index contributed by atoms with van der Waals surface area (Å²) in [4.78, 5) is 18.5. The molecule has 0 saturated carbocycles. The van der Waals surface area contributed by atoms with Crippen LogP contribution in [0.3, 0.4) is 0 Å². The lowest BCUT2D eigenvalue weighted by Crippen LogP contribution is -2.40. The van der Waals surface area contributed by atoms with Gasteiger partial charge in [0.05, 0.1) is 17.7 Å². The number of carbonyl (C=O) groups excluding carboxylic acids is 1. The predicted octanol–water partition coefficient (Wildman–Crippen LogP) is 8.00. The van der Waals surface area contributed by atoms with Crippen LogP contribution in [0.2, 0.25) is 19.6 Å². The molecule has 1 unspecified atom stereocenters. The van der Waals surface area contributed by atoms with Gasteiger partial charge in [0.2, 0.25) is 0 Å². The Bertz CT molecular complexity index is 1650. The highest BCUT2D eigenvalue weighted by Crippen LogP contribution is 2.43. The maximum Gasteiger partial charge on any atom is 0.417 e. The molecule has 1 atom stereocenters. The van der Waals surface area contributed by atoms with Gasteiger partial charge in [0.15, 0.2) is 0 Å². The van der Waals surface area contributed by atoms with Crippen LogP contribution in [0.15, 0.2) is 66.7 Å². The summed E-state index contributed by atoms with van der Waals surface area (Å²) in [6, 6.07) is 18.1. The van der Waals surface area contributed by atoms with Crippen LogP contribution in [0.25, 0.3) is 22.0 Å². The molecule has 0 saturated heterocycles. The van der Waals surface area contributed by atoms with Crippen molar-refractivity contribution >= 4 is 24.9 Å². The Morgan fingerprint density at radius 2 is 1.76 bits per heavy atom. The van der Waals surface area contributed by atoms with Gasteiger partial charge in [-0.25, -0.2) is 0 Å². The minimum atomic E-state index is -4.61. The summed E-state index contributed by atoms with van der Waals surface area (Å²) in [5.41, 5.74) is 5.90. The molecule has 1 aromatic heterocycles. The minimum absolute atomic E-state index is 0.0445. The van der Waals surface area contributed by atoms with E-state index in [1.54, 1.807) is 35.2 Å². The molecule has 3 aromatic carbocycles. The standard InChI is InChI=1S/C33H33F3N2O2Si/c1-21(2)40-24-13-10-22(11-14-24)25-15-12-23(20-28(25)33(34,35)36)32-31-27(26-8-6-7-9-29(26)37-31)16-18-38(32)30(39)17-19-41(3,4)5/h6-15,20-21,32,37H,16,18H2,1-5H3. The molecule has 1 N–H and O–H groups in total. The summed E-state index contributed by atoms with van der Waals surface area (Å²) >= 11 is 0. The maximum absolute atomic E-state index is 14.6. The fourth-order valence-electron chi connectivity index (χ4n) is 5.32. The van der Waals surface area contributed by atoms with Gasteiger partial charge in [-0.05, 0) is 72.7 Å². The first-order valence-corrected chi connectivity index (χ1v) is 17.2. The van der Waals surface area contributed by atoms with Gasteiger partial charge in [-0.1, -0.05) is 62.1 Å². The van der Waals surface area contributed by atoms with E-state index in [-0.39, 0.29) is 17.6 Å². The molecule has 0 radical (unpaired) electrons. The maximum atomic E-state index is 14.6. The second-order valence-electron chi connectivity index (χ2n) is 11.7. The van der Waals surface area contributed by atoms with Gasteiger partial charge >= 0.3 is 6.18 Å². The molecule has 0 spiro atoms. The van der Waals surface area contributed by atoms with Crippen molar-refractivity contribution in [3.05, 3.63) is 89.1 Å². The number of aromatic nitrogens is 1. The van der Waals surface area contributed by atoms with Crippen molar-refractivity contribution < 1.29 is 22.7 Å². The van der Waals surface area contributed by atoms with Gasteiger partial charge in [-0.3, -0.25) is 4.79 Å². The third-order valence-corrected chi connectivity index (χ3v) is 7.92. The molecule has 2 heterocycles. The Morgan fingerprint density at radius 1 is 1.05 bits per heavy atom. The van der Waals surface area contributed by atoms with E-state index < -0.39 is 25.9 Å². The number of ether oxygens (including phenoxy) is 1. The number of rotatable bonds is 4. The van der Waals surface area contributed by atoms with E-state index in [1.165, 1.54) is 12.1 Å². The van der Waals surface area contributed by atoms with Crippen LogP contribution >= 0.6 is 0 Å². The van der Waals surface area contributed by atoms with Crippen LogP contribution in [0.1, 0.15) is 42.3 Å². The number of amides is 1. The molecule has 4 aromatic rings. The van der Waals surface area contributed by atoms with Gasteiger partial charge in [0.1, 0.15) is 13.8 Å². The van der Waals surface area contributed by atoms with E-state index in [0.717, 1.165) is 22.2 Å². The zero-order valence-corrected chi connectivity index (χ0v) is 24.8. The van der Waals surface area contributed by atoms with E-state index in [9.17, 15) is 18.0 Å². The van der Waals surface area contributed by atoms with Crippen LogP contribution < -0.4 is 4.74 Å². The van der Waals surface area contributed by atoms with Crippen LogP contribution in [0.5, 0.6) is 5.75 Å². The molecule has 1 aliphatic heterocycles. The number of nitrogens with one attached hydrogen (secondary N) is 1. The highest BCUT2D eigenvalue weighted by molar-refractivity contribution is 6.84. The Labute approximate surface area is 239 Å². The molecule has 0 bridgehead atoms. The van der Waals surface area contributed by atoms with E-state index in [0.29, 0.717) is 29.8 Å². The number of hydrogen-bond donors (Lipinski definition) is 1. The number of hydrogen-bond acceptors (Lipinski definition) is 2. The van der Waals surface area contributed by atoms with Gasteiger partial charge in [0.25, 0.3) is 5.91 Å². The first-order chi connectivity index (χ1) is 19.3. The molecule has 41 heavy (non-hydrogen) atoms. The molecule has 1 aliphatic rings. The highest BCUT2D eigenvalue weighted by atomic mass is 28.3. The van der Waals surface area contributed by atoms with Crippen molar-refractivity contribution in [1.29, 1.82) is 0 Å². The summed E-state index contributed by atoms with van der Waals surface area (Å²) in [5, 5.41) is 1.02. The molecule has 0 fully saturated rings. The lowest BCUT2D eigenvalue weighted by Gasteiger charge is -2.35. The number of fused-ring (bicyclic) bond motifs is 3. The summed E-state index contributed by atoms with van der Waals surface area (Å²) in [6.07, 6.45) is -4.06. The number of alkyl halides is 3. The topological polar surface area (TPSA) is 45.3 Å². The second kappa shape index (κ2) is 10.8. The smallest absolute Gasteiger partial charge is 0.417 e. The number of aromatic amines is 1. The minimum Gasteiger partial charge on any atom is -0.491 e. The average Bonchev–Trinajstić information content (AvgIpc) is 3.29. The van der Waals surface area contributed by atoms with E-state index >= 15 is 0 Å². The predicted molar refractivity (Wildman–Crippen MR) is 159 cm³/mol. The van der Waals surface area contributed by atoms with Crippen molar-refractivity contribution in [3.8, 4) is 28.3 Å². The molecule has 8 heteroatoms. The van der Waals surface area contributed by atoms with Crippen molar-refractivity contribution in [2.24, 2.45) is 0 Å². The van der Waals surface area contributed by atoms with Gasteiger partial charge < -0.3 is 14.6 Å². The number of halogens is 3. The fourth-order valence-corrected chi connectivity index (χ4v) is 5.80. The summed E-state index contributed by atoms with van der Waals surface area (Å²) in [6.45, 7) is 10.3. The molecule has 212 valence electrons. The molecule has 1 amide bonds. The van der Waals surface area contributed by atoms with Crippen molar-refractivity contribution in [2.75, 3.05) is 6.54 Å². The Morgan fingerprint density at radius 3 is 2.41 bits per heavy atom. The van der Waals surface area contributed by atoms with E-state index in [2.05, 4.69) is 16.4 Å². The number of benzene rings is 3. The lowest BCUT2D eigenvalue weighted by molar-refractivity contribution is -0.137. The molecular weight excluding hydrogens is 541 g/mol. The monoisotopic (exact) mass is 574 g/mol. The summed E-state index contributed by atoms with van der Waals surface area (Å²) < 4.78 is 49.4. The zero-order chi connectivity index (χ0) is 29.5. The molecule has 5 rings (SSSR count). The number of carbonyl (C=O) groups is 1. The molecular formula is C33H33F3N2O2Si. The van der Waals surface area contributed by atoms with Crippen molar-refractivity contribution in [1.82, 2.24) is 9.88 Å². The van der Waals surface area contributed by atoms with Gasteiger partial charge in [0, 0.05) is 23.1 Å². The second-order valence-corrected chi connectivity index (χ2v) is 16.5. The largest absolute Gasteiger partial charge is 0.491 e. The van der Waals surface area contributed by atoms with Gasteiger partial charge in [-0.2, -0.15) is 13.2 Å². The van der Waals surface area contributed by atoms with Crippen LogP contribution in [-0.2, 0) is 17.4 Å². The lowest BCUT2D eigenvalue weighted by atomic mass is 9.89. The Kier molecular flexibility index (Phi) is 7.52. The molecule has 0 aliphatic carbocycles. The SMILES string of the molecule is CC(C)Oc1ccc(-c2ccc(C3c4[nH]c5ccccc5c4CCN3C(=O)C#C[Si](C)(C)C)cc2C(F)(F)F)cc1. The number of para-hydroxylation sites is 1. The Hall–Kier alpha value is -3.96. The highest BCUT2D eigenvalue weighted by Gasteiger charge is 2.38.